The average Bonchev–Trinajstić information content (AvgIpc) is 2.27. The second-order valence-corrected chi connectivity index (χ2v) is 6.97. The van der Waals surface area contributed by atoms with Crippen LogP contribution in [-0.4, -0.2) is 38.5 Å². The second-order valence-electron chi connectivity index (χ2n) is 2.71. The third-order valence-electron chi connectivity index (χ3n) is 1.19. The molecule has 86 valence electrons. The Morgan fingerprint density at radius 2 is 1.87 bits per heavy atom. The molecule has 0 unspecified atom stereocenters. The molecule has 10 heteroatoms. The molecule has 0 fully saturated rings. The minimum Gasteiger partial charge on any atom is -0.359 e. The zero-order chi connectivity index (χ0) is 11.9. The maximum absolute atomic E-state index is 11.0. The monoisotopic (exact) mass is 318 g/mol. The fraction of sp³-hybridized carbons (Fsp3) is 0.400. The molecule has 0 aliphatic rings. The summed E-state index contributed by atoms with van der Waals surface area (Å²) in [6, 6.07) is 0. The smallest absolute Gasteiger partial charge is 0.307 e. The molecule has 0 amide bonds. The largest absolute Gasteiger partial charge is 0.359 e. The van der Waals surface area contributed by atoms with Crippen LogP contribution in [-0.2, 0) is 20.1 Å². The molecule has 0 radical (unpaired) electrons. The zero-order valence-corrected chi connectivity index (χ0v) is 10.9. The molecule has 0 atom stereocenters. The molecule has 0 saturated heterocycles. The lowest BCUT2D eigenvalue weighted by molar-refractivity contribution is 0.478. The van der Waals surface area contributed by atoms with Crippen molar-refractivity contribution in [3.05, 3.63) is 10.7 Å². The van der Waals surface area contributed by atoms with Gasteiger partial charge in [0.2, 0.25) is 0 Å². The van der Waals surface area contributed by atoms with Gasteiger partial charge < -0.3 is 4.18 Å². The molecule has 0 bridgehead atoms. The Labute approximate surface area is 95.3 Å². The van der Waals surface area contributed by atoms with Gasteiger partial charge in [0.15, 0.2) is 0 Å². The van der Waals surface area contributed by atoms with Crippen molar-refractivity contribution in [3.8, 4) is 5.88 Å². The lowest BCUT2D eigenvalue weighted by Gasteiger charge is -1.97. The van der Waals surface area contributed by atoms with Crippen LogP contribution in [0, 0.1) is 0 Å². The summed E-state index contributed by atoms with van der Waals surface area (Å²) >= 11 is 2.93. The Hall–Kier alpha value is -0.610. The molecule has 1 heterocycles. The maximum atomic E-state index is 11.0. The third-order valence-corrected chi connectivity index (χ3v) is 3.06. The Balaban J connectivity index is 3.19. The summed E-state index contributed by atoms with van der Waals surface area (Å²) in [5.41, 5.74) is 0. The van der Waals surface area contributed by atoms with Crippen molar-refractivity contribution < 1.29 is 21.0 Å². The fourth-order valence-electron chi connectivity index (χ4n) is 0.688. The second kappa shape index (κ2) is 3.76. The highest BCUT2D eigenvalue weighted by atomic mass is 79.9. The van der Waals surface area contributed by atoms with Crippen molar-refractivity contribution in [3.63, 3.8) is 0 Å². The van der Waals surface area contributed by atoms with Gasteiger partial charge in [0.05, 0.1) is 18.7 Å². The van der Waals surface area contributed by atoms with E-state index >= 15 is 0 Å². The van der Waals surface area contributed by atoms with Crippen LogP contribution in [0.3, 0.4) is 0 Å². The Bertz CT molecular complexity index is 573. The van der Waals surface area contributed by atoms with E-state index in [0.717, 1.165) is 18.7 Å². The molecule has 1 aromatic rings. The van der Waals surface area contributed by atoms with Crippen molar-refractivity contribution >= 4 is 36.1 Å². The Morgan fingerprint density at radius 1 is 1.33 bits per heavy atom. The third kappa shape index (κ3) is 3.47. The summed E-state index contributed by atoms with van der Waals surface area (Å²) < 4.78 is 48.8. The van der Waals surface area contributed by atoms with Crippen LogP contribution in [0.2, 0.25) is 0 Å². The standard InChI is InChI=1S/C5H7BrN2O5S2/c1-14(9,10)8-3-4(6)5(7-8)13-15(2,11)12/h3H,1-2H3. The molecule has 0 N–H and O–H groups in total. The van der Waals surface area contributed by atoms with E-state index in [4.69, 9.17) is 0 Å². The van der Waals surface area contributed by atoms with Gasteiger partial charge in [-0.15, -0.1) is 5.10 Å². The highest BCUT2D eigenvalue weighted by molar-refractivity contribution is 9.10. The van der Waals surface area contributed by atoms with Gasteiger partial charge in [-0.2, -0.15) is 12.5 Å². The van der Waals surface area contributed by atoms with Crippen LogP contribution < -0.4 is 4.18 Å². The van der Waals surface area contributed by atoms with Crippen molar-refractivity contribution in [2.24, 2.45) is 0 Å². The van der Waals surface area contributed by atoms with E-state index in [1.54, 1.807) is 0 Å². The van der Waals surface area contributed by atoms with Crippen LogP contribution in [0.25, 0.3) is 0 Å². The van der Waals surface area contributed by atoms with Crippen LogP contribution >= 0.6 is 15.9 Å². The maximum Gasteiger partial charge on any atom is 0.307 e. The summed E-state index contributed by atoms with van der Waals surface area (Å²) in [5.74, 6) is -0.317. The van der Waals surface area contributed by atoms with E-state index in [2.05, 4.69) is 25.2 Å². The van der Waals surface area contributed by atoms with Gasteiger partial charge in [0, 0.05) is 0 Å². The first-order valence-electron chi connectivity index (χ1n) is 3.45. The summed E-state index contributed by atoms with van der Waals surface area (Å²) in [4.78, 5) is 0. The number of hydrogen-bond donors (Lipinski definition) is 0. The molecule has 1 aromatic heterocycles. The van der Waals surface area contributed by atoms with Gasteiger partial charge in [0.1, 0.15) is 4.47 Å². The molecule has 7 nitrogen and oxygen atoms in total. The topological polar surface area (TPSA) is 95.3 Å². The first kappa shape index (κ1) is 12.5. The SMILES string of the molecule is CS(=O)(=O)Oc1nn(S(C)(=O)=O)cc1Br. The normalized spacial score (nSPS) is 12.7. The van der Waals surface area contributed by atoms with E-state index in [9.17, 15) is 16.8 Å². The average molecular weight is 319 g/mol. The van der Waals surface area contributed by atoms with E-state index in [0.29, 0.717) is 4.09 Å². The number of aromatic nitrogens is 2. The van der Waals surface area contributed by atoms with Crippen molar-refractivity contribution in [2.75, 3.05) is 12.5 Å². The minimum absolute atomic E-state index is 0.137. The summed E-state index contributed by atoms with van der Waals surface area (Å²) in [7, 11) is -7.29. The van der Waals surface area contributed by atoms with Crippen molar-refractivity contribution in [2.45, 2.75) is 0 Å². The van der Waals surface area contributed by atoms with Gasteiger partial charge in [0.25, 0.3) is 15.9 Å². The lowest BCUT2D eigenvalue weighted by atomic mass is 10.7. The number of hydrogen-bond acceptors (Lipinski definition) is 6. The number of rotatable bonds is 3. The van der Waals surface area contributed by atoms with Crippen molar-refractivity contribution in [1.82, 2.24) is 9.19 Å². The molecule has 0 aliphatic carbocycles. The van der Waals surface area contributed by atoms with E-state index in [1.807, 2.05) is 0 Å². The molecular weight excluding hydrogens is 312 g/mol. The molecule has 15 heavy (non-hydrogen) atoms. The van der Waals surface area contributed by atoms with Crippen LogP contribution in [0.5, 0.6) is 5.88 Å². The van der Waals surface area contributed by atoms with Crippen molar-refractivity contribution in [1.29, 1.82) is 0 Å². The van der Waals surface area contributed by atoms with Crippen LogP contribution in [0.1, 0.15) is 0 Å². The number of nitrogens with zero attached hydrogens (tertiary/aromatic N) is 2. The van der Waals surface area contributed by atoms with Crippen LogP contribution in [0.4, 0.5) is 0 Å². The Morgan fingerprint density at radius 3 is 2.20 bits per heavy atom. The zero-order valence-electron chi connectivity index (χ0n) is 7.71. The first-order chi connectivity index (χ1) is 6.59. The molecule has 1 rings (SSSR count). The summed E-state index contributed by atoms with van der Waals surface area (Å²) in [6.07, 6.45) is 2.85. The predicted octanol–water partition coefficient (Wildman–Crippen LogP) is -0.208. The first-order valence-corrected chi connectivity index (χ1v) is 7.90. The Kier molecular flexibility index (Phi) is 3.12. The molecule has 0 saturated carbocycles. The summed E-state index contributed by atoms with van der Waals surface area (Å²) in [6.45, 7) is 0. The molecular formula is C5H7BrN2O5S2. The predicted molar refractivity (Wildman–Crippen MR) is 55.6 cm³/mol. The fourth-order valence-corrected chi connectivity index (χ4v) is 2.21. The van der Waals surface area contributed by atoms with Gasteiger partial charge in [-0.3, -0.25) is 0 Å². The molecule has 0 aromatic carbocycles. The summed E-state index contributed by atoms with van der Waals surface area (Å²) in [5, 5.41) is 3.45. The quantitative estimate of drug-likeness (QED) is 0.716. The van der Waals surface area contributed by atoms with E-state index in [1.165, 1.54) is 0 Å². The highest BCUT2D eigenvalue weighted by Crippen LogP contribution is 2.24. The van der Waals surface area contributed by atoms with Crippen LogP contribution in [0.15, 0.2) is 10.7 Å². The lowest BCUT2D eigenvalue weighted by Crippen LogP contribution is -2.11. The highest BCUT2D eigenvalue weighted by Gasteiger charge is 2.17. The van der Waals surface area contributed by atoms with Gasteiger partial charge in [-0.25, -0.2) is 8.42 Å². The van der Waals surface area contributed by atoms with Gasteiger partial charge in [-0.1, -0.05) is 0 Å². The molecule has 0 aliphatic heterocycles. The minimum atomic E-state index is -3.73. The van der Waals surface area contributed by atoms with E-state index in [-0.39, 0.29) is 10.4 Å². The van der Waals surface area contributed by atoms with Gasteiger partial charge >= 0.3 is 10.1 Å². The van der Waals surface area contributed by atoms with E-state index < -0.39 is 20.1 Å². The number of halogens is 1. The van der Waals surface area contributed by atoms with Gasteiger partial charge in [-0.05, 0) is 15.9 Å². The molecule has 0 spiro atoms.